The summed E-state index contributed by atoms with van der Waals surface area (Å²) in [6, 6.07) is 8.48. The van der Waals surface area contributed by atoms with E-state index in [0.717, 1.165) is 5.69 Å². The summed E-state index contributed by atoms with van der Waals surface area (Å²) in [5.41, 5.74) is 1.05. The summed E-state index contributed by atoms with van der Waals surface area (Å²) in [6.07, 6.45) is 5.52. The Labute approximate surface area is 201 Å². The molecule has 0 radical (unpaired) electrons. The number of nitrogens with zero attached hydrogens (tertiary/aromatic N) is 3. The summed E-state index contributed by atoms with van der Waals surface area (Å²) in [5, 5.41) is 11.9. The van der Waals surface area contributed by atoms with Crippen molar-refractivity contribution in [2.45, 2.75) is 32.7 Å². The van der Waals surface area contributed by atoms with Crippen molar-refractivity contribution in [2.24, 2.45) is 0 Å². The number of H-pyrrole nitrogens is 1. The van der Waals surface area contributed by atoms with E-state index >= 15 is 0 Å². The van der Waals surface area contributed by atoms with Crippen molar-refractivity contribution in [2.75, 3.05) is 22.5 Å². The molecule has 2 aromatic carbocycles. The second-order valence-electron chi connectivity index (χ2n) is 8.96. The predicted molar refractivity (Wildman–Crippen MR) is 134 cm³/mol. The van der Waals surface area contributed by atoms with Crippen LogP contribution in [0.2, 0.25) is 0 Å². The van der Waals surface area contributed by atoms with Crippen molar-refractivity contribution in [3.05, 3.63) is 80.8 Å². The lowest BCUT2D eigenvalue weighted by Crippen LogP contribution is -2.41. The first-order valence-corrected chi connectivity index (χ1v) is 11.0. The highest BCUT2D eigenvalue weighted by atomic mass is 16.2. The Morgan fingerprint density at radius 3 is 2.43 bits per heavy atom. The van der Waals surface area contributed by atoms with E-state index in [1.54, 1.807) is 42.9 Å². The van der Waals surface area contributed by atoms with E-state index in [1.807, 2.05) is 20.8 Å². The van der Waals surface area contributed by atoms with Crippen molar-refractivity contribution in [1.29, 1.82) is 0 Å². The second-order valence-corrected chi connectivity index (χ2v) is 8.96. The zero-order valence-electron chi connectivity index (χ0n) is 19.6. The maximum atomic E-state index is 12.3. The molecule has 0 saturated heterocycles. The average molecular weight is 475 g/mol. The maximum absolute atomic E-state index is 12.3. The number of hydrogen-bond donors (Lipinski definition) is 5. The lowest BCUT2D eigenvalue weighted by molar-refractivity contribution is 0.0954. The van der Waals surface area contributed by atoms with Crippen molar-refractivity contribution in [1.82, 2.24) is 25.3 Å². The molecular formula is C24H26N8O3. The molecule has 0 saturated carbocycles. The summed E-state index contributed by atoms with van der Waals surface area (Å²) in [4.78, 5) is 51.8. The number of benzene rings is 1. The first kappa shape index (κ1) is 23.6. The van der Waals surface area contributed by atoms with E-state index in [2.05, 4.69) is 41.2 Å². The molecule has 180 valence electrons. The molecule has 4 rings (SSSR count). The van der Waals surface area contributed by atoms with Gasteiger partial charge in [0, 0.05) is 47.8 Å². The Kier molecular flexibility index (Phi) is 6.58. The topological polar surface area (TPSA) is 154 Å². The Hall–Kier alpha value is -4.54. The standard InChI is InChI=1S/C24H26N8O3/c1-24(2,3)32-19-18(20(33)21(19)34)30-17-9-11-27-23(31-17)29-15-6-4-14(5-7-15)22(35)26-10-8-16-12-25-13-28-16/h4-7,9,11-13,32H,8,10H2,1-3H3,(H,25,28)(H,26,35)(H2,27,29,30,31). The molecule has 2 aromatic heterocycles. The van der Waals surface area contributed by atoms with Crippen LogP contribution in [0.15, 0.2) is 58.6 Å². The maximum Gasteiger partial charge on any atom is 0.253 e. The fourth-order valence-electron chi connectivity index (χ4n) is 3.29. The highest BCUT2D eigenvalue weighted by Gasteiger charge is 2.25. The van der Waals surface area contributed by atoms with Crippen LogP contribution in [-0.4, -0.2) is 37.9 Å². The average Bonchev–Trinajstić information content (AvgIpc) is 3.35. The number of carbonyl (C=O) groups is 1. The van der Waals surface area contributed by atoms with Crippen LogP contribution in [0.4, 0.5) is 28.8 Å². The van der Waals surface area contributed by atoms with Crippen LogP contribution in [0, 0.1) is 0 Å². The molecule has 0 bridgehead atoms. The van der Waals surface area contributed by atoms with Gasteiger partial charge in [0.2, 0.25) is 5.95 Å². The molecular weight excluding hydrogens is 448 g/mol. The third kappa shape index (κ3) is 5.88. The summed E-state index contributed by atoms with van der Waals surface area (Å²) in [5.74, 6) is 0.474. The number of hydrogen-bond acceptors (Lipinski definition) is 9. The van der Waals surface area contributed by atoms with E-state index < -0.39 is 10.9 Å². The van der Waals surface area contributed by atoms with Crippen molar-refractivity contribution < 1.29 is 4.79 Å². The van der Waals surface area contributed by atoms with Gasteiger partial charge < -0.3 is 26.3 Å². The van der Waals surface area contributed by atoms with Crippen LogP contribution in [0.3, 0.4) is 0 Å². The number of aromatic amines is 1. The molecule has 4 aromatic rings. The van der Waals surface area contributed by atoms with Crippen molar-refractivity contribution in [3.63, 3.8) is 0 Å². The number of nitrogens with one attached hydrogen (secondary N) is 5. The minimum Gasteiger partial charge on any atom is -0.375 e. The Balaban J connectivity index is 1.37. The molecule has 11 nitrogen and oxygen atoms in total. The third-order valence-electron chi connectivity index (χ3n) is 4.96. The van der Waals surface area contributed by atoms with Gasteiger partial charge in [0.15, 0.2) is 0 Å². The molecule has 1 amide bonds. The van der Waals surface area contributed by atoms with Crippen LogP contribution in [0.25, 0.3) is 0 Å². The lowest BCUT2D eigenvalue weighted by Gasteiger charge is -2.24. The molecule has 0 fully saturated rings. The van der Waals surface area contributed by atoms with Crippen LogP contribution in [-0.2, 0) is 6.42 Å². The predicted octanol–water partition coefficient (Wildman–Crippen LogP) is 2.47. The highest BCUT2D eigenvalue weighted by Crippen LogP contribution is 2.23. The van der Waals surface area contributed by atoms with Gasteiger partial charge in [-0.25, -0.2) is 9.97 Å². The molecule has 0 unspecified atom stereocenters. The van der Waals surface area contributed by atoms with Crippen LogP contribution in [0.5, 0.6) is 0 Å². The summed E-state index contributed by atoms with van der Waals surface area (Å²) >= 11 is 0. The minimum atomic E-state index is -0.594. The van der Waals surface area contributed by atoms with Gasteiger partial charge in [0.05, 0.1) is 6.33 Å². The van der Waals surface area contributed by atoms with E-state index in [-0.39, 0.29) is 28.8 Å². The normalized spacial score (nSPS) is 11.3. The SMILES string of the molecule is CC(C)(C)Nc1c(Nc2ccnc(Nc3ccc(C(=O)NCCc4cnc[nH]4)cc3)n2)c(=O)c1=O. The van der Waals surface area contributed by atoms with Crippen LogP contribution in [0.1, 0.15) is 36.8 Å². The fraction of sp³-hybridized carbons (Fsp3) is 0.250. The largest absolute Gasteiger partial charge is 0.375 e. The summed E-state index contributed by atoms with van der Waals surface area (Å²) < 4.78 is 0. The number of carbonyl (C=O) groups excluding carboxylic acids is 1. The first-order valence-electron chi connectivity index (χ1n) is 11.0. The minimum absolute atomic E-state index is 0.175. The molecule has 0 aliphatic heterocycles. The lowest BCUT2D eigenvalue weighted by atomic mass is 10.1. The molecule has 35 heavy (non-hydrogen) atoms. The number of imidazole rings is 1. The molecule has 0 spiro atoms. The van der Waals surface area contributed by atoms with Gasteiger partial charge in [-0.3, -0.25) is 14.4 Å². The number of amides is 1. The summed E-state index contributed by atoms with van der Waals surface area (Å²) in [7, 11) is 0. The van der Waals surface area contributed by atoms with E-state index in [9.17, 15) is 14.4 Å². The highest BCUT2D eigenvalue weighted by molar-refractivity contribution is 5.94. The molecule has 0 aliphatic carbocycles. The smallest absolute Gasteiger partial charge is 0.253 e. The van der Waals surface area contributed by atoms with Gasteiger partial charge in [0.1, 0.15) is 17.2 Å². The number of rotatable bonds is 9. The van der Waals surface area contributed by atoms with E-state index in [4.69, 9.17) is 0 Å². The van der Waals surface area contributed by atoms with Gasteiger partial charge in [-0.1, -0.05) is 0 Å². The third-order valence-corrected chi connectivity index (χ3v) is 4.96. The first-order chi connectivity index (χ1) is 16.7. The van der Waals surface area contributed by atoms with Gasteiger partial charge in [-0.2, -0.15) is 4.98 Å². The zero-order chi connectivity index (χ0) is 25.0. The Bertz CT molecular complexity index is 1380. The van der Waals surface area contributed by atoms with Crippen LogP contribution >= 0.6 is 0 Å². The molecule has 11 heteroatoms. The molecule has 0 atom stereocenters. The fourth-order valence-corrected chi connectivity index (χ4v) is 3.29. The summed E-state index contributed by atoms with van der Waals surface area (Å²) in [6.45, 7) is 6.19. The molecule has 0 aliphatic rings. The van der Waals surface area contributed by atoms with Gasteiger partial charge in [-0.15, -0.1) is 0 Å². The van der Waals surface area contributed by atoms with E-state index in [0.29, 0.717) is 30.0 Å². The van der Waals surface area contributed by atoms with Crippen LogP contribution < -0.4 is 32.1 Å². The van der Waals surface area contributed by atoms with Gasteiger partial charge in [-0.05, 0) is 51.1 Å². The van der Waals surface area contributed by atoms with Crippen molar-refractivity contribution >= 4 is 34.7 Å². The second kappa shape index (κ2) is 9.75. The molecule has 2 heterocycles. The monoisotopic (exact) mass is 474 g/mol. The van der Waals surface area contributed by atoms with Gasteiger partial charge in [0.25, 0.3) is 16.8 Å². The number of anilines is 5. The Morgan fingerprint density at radius 2 is 1.74 bits per heavy atom. The zero-order valence-corrected chi connectivity index (χ0v) is 19.6. The number of aromatic nitrogens is 4. The van der Waals surface area contributed by atoms with Crippen molar-refractivity contribution in [3.8, 4) is 0 Å². The quantitative estimate of drug-likeness (QED) is 0.230. The Morgan fingerprint density at radius 1 is 1.00 bits per heavy atom. The molecule has 5 N–H and O–H groups in total. The van der Waals surface area contributed by atoms with Gasteiger partial charge >= 0.3 is 0 Å². The van der Waals surface area contributed by atoms with E-state index in [1.165, 1.54) is 6.20 Å².